The number of hydrogen-bond donors (Lipinski definition) is 0. The number of hydrogen-bond acceptors (Lipinski definition) is 2. The van der Waals surface area contributed by atoms with E-state index in [1.807, 2.05) is 0 Å². The molecule has 2 nitrogen and oxygen atoms in total. The van der Waals surface area contributed by atoms with Crippen molar-refractivity contribution in [1.29, 1.82) is 0 Å². The molecule has 2 heteroatoms. The minimum atomic E-state index is 0.321. The molecule has 0 saturated heterocycles. The summed E-state index contributed by atoms with van der Waals surface area (Å²) in [7, 11) is 0. The van der Waals surface area contributed by atoms with Crippen molar-refractivity contribution in [3.63, 3.8) is 0 Å². The monoisotopic (exact) mass is 323 g/mol. The van der Waals surface area contributed by atoms with Gasteiger partial charge in [0.15, 0.2) is 5.90 Å². The van der Waals surface area contributed by atoms with Gasteiger partial charge in [0.1, 0.15) is 6.10 Å². The Hall–Kier alpha value is -0.530. The Labute approximate surface area is 145 Å². The first-order valence-electron chi connectivity index (χ1n) is 10.5. The number of rotatable bonds is 16. The highest BCUT2D eigenvalue weighted by atomic mass is 16.5. The second-order valence-electron chi connectivity index (χ2n) is 7.36. The molecule has 1 heterocycles. The minimum absolute atomic E-state index is 0.321. The average molecular weight is 324 g/mol. The van der Waals surface area contributed by atoms with Gasteiger partial charge in [0.05, 0.1) is 6.54 Å². The van der Waals surface area contributed by atoms with Crippen molar-refractivity contribution in [3.05, 3.63) is 0 Å². The van der Waals surface area contributed by atoms with Crippen LogP contribution in [0, 0.1) is 0 Å². The predicted octanol–water partition coefficient (Wildman–Crippen LogP) is 7.07. The van der Waals surface area contributed by atoms with Crippen LogP contribution in [0.4, 0.5) is 0 Å². The fourth-order valence-electron chi connectivity index (χ4n) is 3.32. The summed E-state index contributed by atoms with van der Waals surface area (Å²) in [6, 6.07) is 0. The number of unbranched alkanes of at least 4 members (excludes halogenated alkanes) is 14. The van der Waals surface area contributed by atoms with Gasteiger partial charge in [-0.25, -0.2) is 0 Å². The summed E-state index contributed by atoms with van der Waals surface area (Å²) in [6.45, 7) is 5.26. The van der Waals surface area contributed by atoms with Crippen molar-refractivity contribution >= 4 is 5.90 Å². The zero-order chi connectivity index (χ0) is 16.6. The summed E-state index contributed by atoms with van der Waals surface area (Å²) >= 11 is 0. The molecule has 1 rings (SSSR count). The van der Waals surface area contributed by atoms with Gasteiger partial charge in [0.25, 0.3) is 0 Å². The van der Waals surface area contributed by atoms with Crippen LogP contribution < -0.4 is 0 Å². The molecule has 1 aliphatic heterocycles. The third kappa shape index (κ3) is 12.5. The molecule has 0 spiro atoms. The Morgan fingerprint density at radius 1 is 0.739 bits per heavy atom. The smallest absolute Gasteiger partial charge is 0.183 e. The molecule has 0 aliphatic carbocycles. The molecule has 0 radical (unpaired) electrons. The molecule has 23 heavy (non-hydrogen) atoms. The molecule has 0 fully saturated rings. The van der Waals surface area contributed by atoms with Crippen molar-refractivity contribution in [2.45, 2.75) is 123 Å². The van der Waals surface area contributed by atoms with Gasteiger partial charge in [-0.15, -0.1) is 0 Å². The fraction of sp³-hybridized carbons (Fsp3) is 0.952. The van der Waals surface area contributed by atoms with Gasteiger partial charge in [0.2, 0.25) is 0 Å². The van der Waals surface area contributed by atoms with E-state index in [9.17, 15) is 0 Å². The molecule has 0 aromatic rings. The van der Waals surface area contributed by atoms with Crippen LogP contribution >= 0.6 is 0 Å². The van der Waals surface area contributed by atoms with Crippen molar-refractivity contribution in [2.24, 2.45) is 4.99 Å². The van der Waals surface area contributed by atoms with Gasteiger partial charge >= 0.3 is 0 Å². The Morgan fingerprint density at radius 3 is 1.57 bits per heavy atom. The summed E-state index contributed by atoms with van der Waals surface area (Å²) in [5.41, 5.74) is 0. The second-order valence-corrected chi connectivity index (χ2v) is 7.36. The van der Waals surface area contributed by atoms with Crippen LogP contribution in [0.1, 0.15) is 117 Å². The molecule has 136 valence electrons. The van der Waals surface area contributed by atoms with E-state index in [4.69, 9.17) is 4.74 Å². The Balaban J connectivity index is 1.69. The van der Waals surface area contributed by atoms with E-state index in [0.717, 1.165) is 18.9 Å². The minimum Gasteiger partial charge on any atom is -0.476 e. The average Bonchev–Trinajstić information content (AvgIpc) is 2.96. The van der Waals surface area contributed by atoms with Gasteiger partial charge in [-0.2, -0.15) is 0 Å². The van der Waals surface area contributed by atoms with E-state index in [2.05, 4.69) is 18.8 Å². The lowest BCUT2D eigenvalue weighted by molar-refractivity contribution is 0.238. The SMILES string of the molecule is CCCCCCCCCCCCCCCCCC1=NC[C@@H](C)O1. The van der Waals surface area contributed by atoms with Crippen molar-refractivity contribution in [2.75, 3.05) is 6.54 Å². The molecule has 0 N–H and O–H groups in total. The zero-order valence-electron chi connectivity index (χ0n) is 16.0. The highest BCUT2D eigenvalue weighted by Gasteiger charge is 2.13. The zero-order valence-corrected chi connectivity index (χ0v) is 16.0. The summed E-state index contributed by atoms with van der Waals surface area (Å²) in [6.07, 6.45) is 22.7. The summed E-state index contributed by atoms with van der Waals surface area (Å²) < 4.78 is 5.63. The fourth-order valence-corrected chi connectivity index (χ4v) is 3.32. The van der Waals surface area contributed by atoms with E-state index in [1.165, 1.54) is 96.3 Å². The molecule has 0 bridgehead atoms. The third-order valence-corrected chi connectivity index (χ3v) is 4.86. The van der Waals surface area contributed by atoms with Crippen LogP contribution in [0.5, 0.6) is 0 Å². The molecule has 1 aliphatic rings. The Bertz CT molecular complexity index is 288. The maximum Gasteiger partial charge on any atom is 0.183 e. The molecular weight excluding hydrogens is 282 g/mol. The summed E-state index contributed by atoms with van der Waals surface area (Å²) in [4.78, 5) is 4.41. The van der Waals surface area contributed by atoms with Crippen molar-refractivity contribution in [1.82, 2.24) is 0 Å². The van der Waals surface area contributed by atoms with E-state index in [1.54, 1.807) is 0 Å². The number of ether oxygens (including phenoxy) is 1. The molecule has 0 unspecified atom stereocenters. The van der Waals surface area contributed by atoms with E-state index < -0.39 is 0 Å². The van der Waals surface area contributed by atoms with Gasteiger partial charge in [-0.05, 0) is 13.3 Å². The lowest BCUT2D eigenvalue weighted by Gasteiger charge is -2.05. The maximum atomic E-state index is 5.63. The predicted molar refractivity (Wildman–Crippen MR) is 102 cm³/mol. The lowest BCUT2D eigenvalue weighted by Crippen LogP contribution is -2.07. The van der Waals surface area contributed by atoms with Gasteiger partial charge in [-0.3, -0.25) is 4.99 Å². The van der Waals surface area contributed by atoms with Gasteiger partial charge in [-0.1, -0.05) is 96.8 Å². The summed E-state index contributed by atoms with van der Waals surface area (Å²) in [5, 5.41) is 0. The standard InChI is InChI=1S/C21H41NO/c1-3-4-5-6-7-8-9-10-11-12-13-14-15-16-17-18-21-22-19-20(2)23-21/h20H,3-19H2,1-2H3/t20-/m1/s1. The van der Waals surface area contributed by atoms with Crippen LogP contribution in [0.3, 0.4) is 0 Å². The maximum absolute atomic E-state index is 5.63. The highest BCUT2D eigenvalue weighted by Crippen LogP contribution is 2.15. The largest absolute Gasteiger partial charge is 0.476 e. The van der Waals surface area contributed by atoms with Crippen molar-refractivity contribution in [3.8, 4) is 0 Å². The van der Waals surface area contributed by atoms with Crippen LogP contribution in [0.2, 0.25) is 0 Å². The van der Waals surface area contributed by atoms with Gasteiger partial charge in [0, 0.05) is 6.42 Å². The van der Waals surface area contributed by atoms with Crippen molar-refractivity contribution < 1.29 is 4.74 Å². The molecule has 1 atom stereocenters. The van der Waals surface area contributed by atoms with Crippen LogP contribution in [-0.4, -0.2) is 18.5 Å². The Kier molecular flexibility index (Phi) is 13.4. The first-order valence-corrected chi connectivity index (χ1v) is 10.5. The van der Waals surface area contributed by atoms with Crippen LogP contribution in [0.25, 0.3) is 0 Å². The van der Waals surface area contributed by atoms with E-state index in [0.29, 0.717) is 6.10 Å². The molecular formula is C21H41NO. The van der Waals surface area contributed by atoms with E-state index in [-0.39, 0.29) is 0 Å². The first-order chi connectivity index (χ1) is 11.3. The third-order valence-electron chi connectivity index (χ3n) is 4.86. The Morgan fingerprint density at radius 2 is 1.17 bits per heavy atom. The molecule has 0 aromatic heterocycles. The van der Waals surface area contributed by atoms with Crippen LogP contribution in [-0.2, 0) is 4.74 Å². The number of nitrogens with zero attached hydrogens (tertiary/aromatic N) is 1. The number of aliphatic imine (C=N–C) groups is 1. The van der Waals surface area contributed by atoms with E-state index >= 15 is 0 Å². The molecule has 0 amide bonds. The van der Waals surface area contributed by atoms with Gasteiger partial charge < -0.3 is 4.74 Å². The second kappa shape index (κ2) is 15.0. The van der Waals surface area contributed by atoms with Crippen LogP contribution in [0.15, 0.2) is 4.99 Å². The normalized spacial score (nSPS) is 17.3. The first kappa shape index (κ1) is 20.5. The quantitative estimate of drug-likeness (QED) is 0.278. The molecule has 0 aromatic carbocycles. The topological polar surface area (TPSA) is 21.6 Å². The highest BCUT2D eigenvalue weighted by molar-refractivity contribution is 5.77. The summed E-state index contributed by atoms with van der Waals surface area (Å²) in [5.74, 6) is 1.01. The molecule has 0 saturated carbocycles. The lowest BCUT2D eigenvalue weighted by atomic mass is 10.0.